The lowest BCUT2D eigenvalue weighted by molar-refractivity contribution is 1.43. The van der Waals surface area contributed by atoms with E-state index in [0.717, 1.165) is 5.70 Å². The summed E-state index contributed by atoms with van der Waals surface area (Å²) < 4.78 is 0. The highest BCUT2D eigenvalue weighted by Crippen LogP contribution is 2.14. The lowest BCUT2D eigenvalue weighted by atomic mass is 10.0. The molecule has 1 aromatic carbocycles. The van der Waals surface area contributed by atoms with Crippen LogP contribution in [-0.2, 0) is 0 Å². The Hall–Kier alpha value is -1.76. The summed E-state index contributed by atoms with van der Waals surface area (Å²) in [7, 11) is 0. The zero-order chi connectivity index (χ0) is 9.10. The van der Waals surface area contributed by atoms with Crippen molar-refractivity contribution in [2.24, 2.45) is 5.73 Å². The summed E-state index contributed by atoms with van der Waals surface area (Å²) in [4.78, 5) is 0. The number of hydrogen-bond acceptors (Lipinski definition) is 1. The van der Waals surface area contributed by atoms with Crippen LogP contribution in [0.3, 0.4) is 0 Å². The Morgan fingerprint density at radius 2 is 1.54 bits per heavy atom. The summed E-state index contributed by atoms with van der Waals surface area (Å²) >= 11 is 0. The third-order valence-corrected chi connectivity index (χ3v) is 2.02. The number of hydrogen-bond donors (Lipinski definition) is 1. The van der Waals surface area contributed by atoms with Crippen LogP contribution in [0.5, 0.6) is 0 Å². The normalized spacial score (nSPS) is 23.2. The molecule has 2 N–H and O–H groups in total. The van der Waals surface area contributed by atoms with Gasteiger partial charge < -0.3 is 5.73 Å². The first-order chi connectivity index (χ1) is 6.36. The quantitative estimate of drug-likeness (QED) is 0.634. The van der Waals surface area contributed by atoms with Crippen LogP contribution < -0.4 is 5.73 Å². The number of allylic oxidation sites excluding steroid dienone is 3. The molecule has 0 heterocycles. The van der Waals surface area contributed by atoms with Gasteiger partial charge in [-0.25, -0.2) is 0 Å². The van der Waals surface area contributed by atoms with E-state index in [0.29, 0.717) is 0 Å². The summed E-state index contributed by atoms with van der Waals surface area (Å²) in [5.41, 5.74) is 8.90. The van der Waals surface area contributed by atoms with Gasteiger partial charge in [0.15, 0.2) is 0 Å². The molecule has 64 valence electrons. The fourth-order valence-corrected chi connectivity index (χ4v) is 1.32. The van der Waals surface area contributed by atoms with Gasteiger partial charge in [-0.1, -0.05) is 42.5 Å². The second kappa shape index (κ2) is 3.31. The largest absolute Gasteiger partial charge is 0.399 e. The molecule has 2 rings (SSSR count). The van der Waals surface area contributed by atoms with Gasteiger partial charge >= 0.3 is 0 Å². The Morgan fingerprint density at radius 1 is 0.846 bits per heavy atom. The van der Waals surface area contributed by atoms with Gasteiger partial charge in [-0.3, -0.25) is 0 Å². The number of nitrogens with two attached hydrogens (primary N) is 1. The fraction of sp³-hybridized carbons (Fsp3) is 0. The zero-order valence-corrected chi connectivity index (χ0v) is 7.27. The van der Waals surface area contributed by atoms with Gasteiger partial charge in [0.1, 0.15) is 0 Å². The van der Waals surface area contributed by atoms with Crippen LogP contribution in [0.2, 0.25) is 0 Å². The van der Waals surface area contributed by atoms with Crippen molar-refractivity contribution in [3.8, 4) is 0 Å². The standard InChI is InChI=1S/C12H11N/c13-12-7-3-6-10-4-1-2-5-11(10)8-9-12/h1-9H,13H2/b6-3-,7-3?,9-8-,10-6?,11-8?,12-7+,12-9?. The van der Waals surface area contributed by atoms with Crippen LogP contribution in [0, 0.1) is 0 Å². The van der Waals surface area contributed by atoms with Gasteiger partial charge in [-0.05, 0) is 23.3 Å². The van der Waals surface area contributed by atoms with Crippen LogP contribution in [0.1, 0.15) is 11.1 Å². The van der Waals surface area contributed by atoms with Gasteiger partial charge in [0.2, 0.25) is 0 Å². The number of benzene rings is 1. The molecule has 0 saturated carbocycles. The van der Waals surface area contributed by atoms with Crippen LogP contribution in [0.25, 0.3) is 12.2 Å². The molecule has 13 heavy (non-hydrogen) atoms. The third kappa shape index (κ3) is 1.70. The first kappa shape index (κ1) is 7.87. The molecule has 0 atom stereocenters. The van der Waals surface area contributed by atoms with E-state index in [1.165, 1.54) is 11.1 Å². The van der Waals surface area contributed by atoms with Crippen LogP contribution in [0.4, 0.5) is 0 Å². The summed E-state index contributed by atoms with van der Waals surface area (Å²) in [6.45, 7) is 0. The highest BCUT2D eigenvalue weighted by molar-refractivity contribution is 5.68. The zero-order valence-electron chi connectivity index (χ0n) is 7.27. The first-order valence-electron chi connectivity index (χ1n) is 4.27. The molecule has 0 unspecified atom stereocenters. The maximum absolute atomic E-state index is 5.68. The Kier molecular flexibility index (Phi) is 2.01. The van der Waals surface area contributed by atoms with E-state index >= 15 is 0 Å². The van der Waals surface area contributed by atoms with Gasteiger partial charge in [-0.2, -0.15) is 0 Å². The lowest BCUT2D eigenvalue weighted by Crippen LogP contribution is -1.92. The molecular formula is C12H11N. The topological polar surface area (TPSA) is 26.0 Å². The van der Waals surface area contributed by atoms with Crippen molar-refractivity contribution in [3.05, 3.63) is 59.3 Å². The molecule has 1 nitrogen and oxygen atoms in total. The van der Waals surface area contributed by atoms with E-state index < -0.39 is 0 Å². The molecule has 1 aromatic rings. The van der Waals surface area contributed by atoms with E-state index in [1.807, 2.05) is 36.4 Å². The average molecular weight is 169 g/mol. The molecule has 0 aromatic heterocycles. The predicted molar refractivity (Wildman–Crippen MR) is 56.8 cm³/mol. The molecule has 0 saturated heterocycles. The molecule has 1 aliphatic rings. The van der Waals surface area contributed by atoms with Crippen LogP contribution in [0.15, 0.2) is 48.2 Å². The van der Waals surface area contributed by atoms with Crippen molar-refractivity contribution in [2.75, 3.05) is 0 Å². The van der Waals surface area contributed by atoms with Crippen molar-refractivity contribution in [1.29, 1.82) is 0 Å². The minimum Gasteiger partial charge on any atom is -0.399 e. The van der Waals surface area contributed by atoms with Gasteiger partial charge in [0, 0.05) is 5.70 Å². The summed E-state index contributed by atoms with van der Waals surface area (Å²) in [5, 5.41) is 0. The minimum atomic E-state index is 0.783. The maximum atomic E-state index is 5.68. The van der Waals surface area contributed by atoms with E-state index in [9.17, 15) is 0 Å². The summed E-state index contributed by atoms with van der Waals surface area (Å²) in [6, 6.07) is 8.23. The van der Waals surface area contributed by atoms with Crippen molar-refractivity contribution >= 4 is 12.2 Å². The Balaban J connectivity index is 2.52. The molecule has 0 amide bonds. The van der Waals surface area contributed by atoms with Crippen molar-refractivity contribution in [1.82, 2.24) is 0 Å². The number of rotatable bonds is 0. The SMILES string of the molecule is NC1=C/C=C\c2ccccc2/C=C\1. The van der Waals surface area contributed by atoms with E-state index in [1.54, 1.807) is 0 Å². The summed E-state index contributed by atoms with van der Waals surface area (Å²) in [5.74, 6) is 0. The van der Waals surface area contributed by atoms with Gasteiger partial charge in [-0.15, -0.1) is 0 Å². The van der Waals surface area contributed by atoms with E-state index in [2.05, 4.69) is 18.2 Å². The average Bonchev–Trinajstić information content (AvgIpc) is 2.13. The van der Waals surface area contributed by atoms with Crippen LogP contribution >= 0.6 is 0 Å². The van der Waals surface area contributed by atoms with Crippen LogP contribution in [-0.4, -0.2) is 0 Å². The predicted octanol–water partition coefficient (Wildman–Crippen LogP) is 2.57. The molecule has 0 bridgehead atoms. The first-order valence-corrected chi connectivity index (χ1v) is 4.27. The smallest absolute Gasteiger partial charge is 0.0314 e. The van der Waals surface area contributed by atoms with Crippen molar-refractivity contribution in [3.63, 3.8) is 0 Å². The third-order valence-electron chi connectivity index (χ3n) is 2.02. The molecule has 0 spiro atoms. The highest BCUT2D eigenvalue weighted by Gasteiger charge is 1.95. The lowest BCUT2D eigenvalue weighted by Gasteiger charge is -2.02. The Labute approximate surface area is 77.9 Å². The van der Waals surface area contributed by atoms with Gasteiger partial charge in [0.05, 0.1) is 0 Å². The summed E-state index contributed by atoms with van der Waals surface area (Å²) in [6.07, 6.45) is 9.88. The molecule has 0 fully saturated rings. The van der Waals surface area contributed by atoms with Crippen molar-refractivity contribution < 1.29 is 0 Å². The maximum Gasteiger partial charge on any atom is 0.0314 e. The van der Waals surface area contributed by atoms with Gasteiger partial charge in [0.25, 0.3) is 0 Å². The monoisotopic (exact) mass is 169 g/mol. The molecule has 0 radical (unpaired) electrons. The van der Waals surface area contributed by atoms with E-state index in [-0.39, 0.29) is 0 Å². The second-order valence-electron chi connectivity index (χ2n) is 2.99. The second-order valence-corrected chi connectivity index (χ2v) is 2.99. The fourth-order valence-electron chi connectivity index (χ4n) is 1.32. The highest BCUT2D eigenvalue weighted by atomic mass is 14.5. The molecular weight excluding hydrogens is 158 g/mol. The minimum absolute atomic E-state index is 0.783. The number of fused-ring (bicyclic) bond motifs is 1. The molecule has 1 heteroatoms. The van der Waals surface area contributed by atoms with Crippen molar-refractivity contribution in [2.45, 2.75) is 0 Å². The molecule has 1 aliphatic carbocycles. The molecule has 0 aliphatic heterocycles. The van der Waals surface area contributed by atoms with E-state index in [4.69, 9.17) is 5.73 Å². The Bertz CT molecular complexity index is 397. The Morgan fingerprint density at radius 3 is 2.31 bits per heavy atom.